The van der Waals surface area contributed by atoms with E-state index in [0.717, 1.165) is 0 Å². The lowest BCUT2D eigenvalue weighted by atomic mass is 9.99. The molecule has 142 valence electrons. The summed E-state index contributed by atoms with van der Waals surface area (Å²) < 4.78 is 5.36. The predicted molar refractivity (Wildman–Crippen MR) is 94.1 cm³/mol. The maximum absolute atomic E-state index is 13.0. The number of carboxylic acid groups (broad SMARTS) is 1. The zero-order valence-corrected chi connectivity index (χ0v) is 16.0. The highest BCUT2D eigenvalue weighted by atomic mass is 16.6. The lowest BCUT2D eigenvalue weighted by Gasteiger charge is -2.37. The van der Waals surface area contributed by atoms with Crippen molar-refractivity contribution in [3.63, 3.8) is 0 Å². The van der Waals surface area contributed by atoms with Gasteiger partial charge < -0.3 is 14.7 Å². The lowest BCUT2D eigenvalue weighted by molar-refractivity contribution is -0.152. The standard InChI is InChI=1S/C18H30N2O5/c1-12(2)11-14(19(6)17(24)25-18(3,4)5)15(21)20-10-8-7-9-13(20)16(22)23/h7-8,12-14H,9-11H2,1-6H3,(H,22,23)/t13?,14-/m0/s1. The monoisotopic (exact) mass is 354 g/mol. The van der Waals surface area contributed by atoms with Crippen LogP contribution in [0.5, 0.6) is 0 Å². The number of aliphatic carboxylic acids is 1. The number of hydrogen-bond donors (Lipinski definition) is 1. The number of amides is 2. The van der Waals surface area contributed by atoms with Crippen LogP contribution in [0.15, 0.2) is 12.2 Å². The van der Waals surface area contributed by atoms with Gasteiger partial charge >= 0.3 is 12.1 Å². The molecule has 1 rings (SSSR count). The van der Waals surface area contributed by atoms with Crippen molar-refractivity contribution >= 4 is 18.0 Å². The van der Waals surface area contributed by atoms with Crippen LogP contribution in [0.4, 0.5) is 4.79 Å². The molecule has 7 heteroatoms. The minimum atomic E-state index is -1.04. The molecule has 0 aliphatic carbocycles. The molecule has 2 atom stereocenters. The van der Waals surface area contributed by atoms with Gasteiger partial charge in [-0.15, -0.1) is 0 Å². The van der Waals surface area contributed by atoms with E-state index >= 15 is 0 Å². The van der Waals surface area contributed by atoms with Crippen LogP contribution in [-0.2, 0) is 14.3 Å². The van der Waals surface area contributed by atoms with Crippen molar-refractivity contribution in [2.75, 3.05) is 13.6 Å². The number of rotatable bonds is 5. The van der Waals surface area contributed by atoms with Crippen LogP contribution in [0, 0.1) is 5.92 Å². The van der Waals surface area contributed by atoms with Gasteiger partial charge in [0, 0.05) is 13.6 Å². The fourth-order valence-corrected chi connectivity index (χ4v) is 2.67. The van der Waals surface area contributed by atoms with Crippen LogP contribution in [0.1, 0.15) is 47.5 Å². The van der Waals surface area contributed by atoms with Crippen molar-refractivity contribution < 1.29 is 24.2 Å². The Bertz CT molecular complexity index is 536. The van der Waals surface area contributed by atoms with Crippen molar-refractivity contribution in [2.45, 2.75) is 65.1 Å². The maximum Gasteiger partial charge on any atom is 0.410 e. The molecule has 0 aromatic heterocycles. The Hall–Kier alpha value is -2.05. The molecule has 0 radical (unpaired) electrons. The molecule has 1 N–H and O–H groups in total. The first-order chi connectivity index (χ1) is 11.4. The highest BCUT2D eigenvalue weighted by Crippen LogP contribution is 2.20. The molecule has 7 nitrogen and oxygen atoms in total. The van der Waals surface area contributed by atoms with Crippen LogP contribution in [0.3, 0.4) is 0 Å². The highest BCUT2D eigenvalue weighted by molar-refractivity contribution is 5.89. The molecular weight excluding hydrogens is 324 g/mol. The molecule has 1 aliphatic heterocycles. The number of nitrogens with zero attached hydrogens (tertiary/aromatic N) is 2. The third-order valence-corrected chi connectivity index (χ3v) is 3.90. The summed E-state index contributed by atoms with van der Waals surface area (Å²) in [6.45, 7) is 9.41. The minimum Gasteiger partial charge on any atom is -0.480 e. The van der Waals surface area contributed by atoms with Crippen LogP contribution in [0.25, 0.3) is 0 Å². The molecule has 0 bridgehead atoms. The topological polar surface area (TPSA) is 87.2 Å². The lowest BCUT2D eigenvalue weighted by Crippen LogP contribution is -2.55. The molecule has 0 fully saturated rings. The third kappa shape index (κ3) is 6.07. The Morgan fingerprint density at radius 1 is 1.28 bits per heavy atom. The summed E-state index contributed by atoms with van der Waals surface area (Å²) in [5.74, 6) is -1.25. The summed E-state index contributed by atoms with van der Waals surface area (Å²) in [7, 11) is 1.52. The second-order valence-electron chi connectivity index (χ2n) is 7.79. The molecule has 0 aromatic carbocycles. The molecule has 2 amide bonds. The third-order valence-electron chi connectivity index (χ3n) is 3.90. The van der Waals surface area contributed by atoms with E-state index in [2.05, 4.69) is 0 Å². The van der Waals surface area contributed by atoms with Gasteiger partial charge in [-0.2, -0.15) is 0 Å². The average molecular weight is 354 g/mol. The summed E-state index contributed by atoms with van der Waals surface area (Å²) in [5, 5.41) is 9.39. The van der Waals surface area contributed by atoms with E-state index in [0.29, 0.717) is 6.42 Å². The highest BCUT2D eigenvalue weighted by Gasteiger charge is 2.38. The molecule has 0 spiro atoms. The van der Waals surface area contributed by atoms with Gasteiger partial charge in [-0.1, -0.05) is 26.0 Å². The molecule has 0 saturated carbocycles. The predicted octanol–water partition coefficient (Wildman–Crippen LogP) is 2.51. The van der Waals surface area contributed by atoms with Crippen molar-refractivity contribution in [1.29, 1.82) is 0 Å². The molecule has 1 unspecified atom stereocenters. The normalized spacial score (nSPS) is 18.8. The molecule has 25 heavy (non-hydrogen) atoms. The van der Waals surface area contributed by atoms with Gasteiger partial charge in [-0.05, 0) is 39.5 Å². The Morgan fingerprint density at radius 2 is 1.88 bits per heavy atom. The average Bonchev–Trinajstić information content (AvgIpc) is 2.49. The van der Waals surface area contributed by atoms with Crippen LogP contribution < -0.4 is 0 Å². The molecule has 1 aliphatic rings. The first-order valence-corrected chi connectivity index (χ1v) is 8.58. The van der Waals surface area contributed by atoms with Gasteiger partial charge in [0.25, 0.3) is 0 Å². The zero-order valence-electron chi connectivity index (χ0n) is 16.0. The molecule has 0 aromatic rings. The SMILES string of the molecule is CC(C)C[C@@H](C(=O)N1CC=CCC1C(=O)O)N(C)C(=O)OC(C)(C)C. The summed E-state index contributed by atoms with van der Waals surface area (Å²) in [6, 6.07) is -1.66. The van der Waals surface area contributed by atoms with E-state index in [1.807, 2.05) is 13.8 Å². The van der Waals surface area contributed by atoms with Gasteiger partial charge in [0.2, 0.25) is 5.91 Å². The van der Waals surface area contributed by atoms with Gasteiger partial charge in [-0.25, -0.2) is 9.59 Å². The second-order valence-corrected chi connectivity index (χ2v) is 7.79. The summed E-state index contributed by atoms with van der Waals surface area (Å²) in [6.07, 6.45) is 3.65. The van der Waals surface area contributed by atoms with Crippen molar-refractivity contribution in [3.8, 4) is 0 Å². The van der Waals surface area contributed by atoms with Crippen LogP contribution >= 0.6 is 0 Å². The Morgan fingerprint density at radius 3 is 2.36 bits per heavy atom. The van der Waals surface area contributed by atoms with Crippen molar-refractivity contribution in [2.24, 2.45) is 5.92 Å². The maximum atomic E-state index is 13.0. The van der Waals surface area contributed by atoms with Gasteiger partial charge in [0.1, 0.15) is 17.7 Å². The first-order valence-electron chi connectivity index (χ1n) is 8.58. The zero-order chi connectivity index (χ0) is 19.4. The first kappa shape index (κ1) is 21.0. The summed E-state index contributed by atoms with van der Waals surface area (Å²) >= 11 is 0. The summed E-state index contributed by atoms with van der Waals surface area (Å²) in [4.78, 5) is 39.5. The van der Waals surface area contributed by atoms with Crippen LogP contribution in [0.2, 0.25) is 0 Å². The number of ether oxygens (including phenoxy) is 1. The summed E-state index contributed by atoms with van der Waals surface area (Å²) in [5.41, 5.74) is -0.672. The molecule has 1 heterocycles. The van der Waals surface area contributed by atoms with E-state index in [4.69, 9.17) is 4.74 Å². The van der Waals surface area contributed by atoms with E-state index < -0.39 is 29.7 Å². The number of likely N-dealkylation sites (N-methyl/N-ethyl adjacent to an activating group) is 1. The van der Waals surface area contributed by atoms with E-state index in [1.165, 1.54) is 16.8 Å². The fraction of sp³-hybridized carbons (Fsp3) is 0.722. The number of carbonyl (C=O) groups excluding carboxylic acids is 2. The fourth-order valence-electron chi connectivity index (χ4n) is 2.67. The van der Waals surface area contributed by atoms with Crippen molar-refractivity contribution in [1.82, 2.24) is 9.80 Å². The number of carboxylic acids is 1. The smallest absolute Gasteiger partial charge is 0.410 e. The van der Waals surface area contributed by atoms with E-state index in [-0.39, 0.29) is 24.8 Å². The van der Waals surface area contributed by atoms with E-state index in [9.17, 15) is 19.5 Å². The van der Waals surface area contributed by atoms with Gasteiger partial charge in [-0.3, -0.25) is 9.69 Å². The molecular formula is C18H30N2O5. The van der Waals surface area contributed by atoms with Gasteiger partial charge in [0.05, 0.1) is 0 Å². The van der Waals surface area contributed by atoms with Crippen LogP contribution in [-0.4, -0.2) is 64.2 Å². The van der Waals surface area contributed by atoms with Crippen molar-refractivity contribution in [3.05, 3.63) is 12.2 Å². The number of hydrogen-bond acceptors (Lipinski definition) is 4. The van der Waals surface area contributed by atoms with E-state index in [1.54, 1.807) is 32.9 Å². The Kier molecular flexibility index (Phi) is 7.02. The van der Waals surface area contributed by atoms with Gasteiger partial charge in [0.15, 0.2) is 0 Å². The largest absolute Gasteiger partial charge is 0.480 e. The minimum absolute atomic E-state index is 0.155. The molecule has 0 saturated heterocycles. The Labute approximate surface area is 149 Å². The Balaban J connectivity index is 3.04. The number of carbonyl (C=O) groups is 3. The second kappa shape index (κ2) is 8.36. The quantitative estimate of drug-likeness (QED) is 0.767.